The van der Waals surface area contributed by atoms with Gasteiger partial charge in [0.1, 0.15) is 0 Å². The van der Waals surface area contributed by atoms with Crippen LogP contribution in [0.2, 0.25) is 0 Å². The first-order valence-corrected chi connectivity index (χ1v) is 0.651. The third-order valence-corrected chi connectivity index (χ3v) is 0. The van der Waals surface area contributed by atoms with Crippen LogP contribution >= 0.6 is 0 Å². The molecule has 0 aliphatic rings. The van der Waals surface area contributed by atoms with E-state index in [1.54, 1.807) is 0 Å². The summed E-state index contributed by atoms with van der Waals surface area (Å²) in [6, 6.07) is 0. The molecule has 3 nitrogen and oxygen atoms in total. The van der Waals surface area contributed by atoms with Crippen LogP contribution in [0.5, 0.6) is 0 Å². The topological polar surface area (TPSA) is 57.5 Å². The molecule has 0 saturated heterocycles. The van der Waals surface area contributed by atoms with Crippen molar-refractivity contribution < 1.29 is 34.8 Å². The summed E-state index contributed by atoms with van der Waals surface area (Å²) in [5.41, 5.74) is 0. The average molecular weight is 252 g/mol. The van der Waals surface area contributed by atoms with Gasteiger partial charge in [0, 0.05) is 19.8 Å². The Labute approximate surface area is 41.7 Å². The summed E-state index contributed by atoms with van der Waals surface area (Å²) >= 11 is 0. The first kappa shape index (κ1) is 8.86. The fraction of sp³-hybridized carbons (Fsp3) is 0. The van der Waals surface area contributed by atoms with Crippen molar-refractivity contribution in [1.82, 2.24) is 0 Å². The normalized spacial score (nSPS) is 4.80. The molecule has 0 rings (SSSR count). The van der Waals surface area contributed by atoms with Crippen LogP contribution in [0.3, 0.4) is 0 Å². The fourth-order valence-electron chi connectivity index (χ4n) is 0. The summed E-state index contributed by atoms with van der Waals surface area (Å²) in [6.07, 6.45) is -1.83. The van der Waals surface area contributed by atoms with Crippen molar-refractivity contribution in [1.29, 1.82) is 0 Å². The van der Waals surface area contributed by atoms with E-state index < -0.39 is 6.16 Å². The molecule has 0 aliphatic carbocycles. The Hall–Kier alpha value is -0.0936. The van der Waals surface area contributed by atoms with Gasteiger partial charge >= 0.3 is 6.16 Å². The van der Waals surface area contributed by atoms with Gasteiger partial charge in [0.2, 0.25) is 0 Å². The molecule has 0 aromatic rings. The van der Waals surface area contributed by atoms with Crippen LogP contribution in [0, 0.1) is 0 Å². The molecule has 0 fully saturated rings. The Kier molecular flexibility index (Phi) is 6.92. The van der Waals surface area contributed by atoms with E-state index in [-0.39, 0.29) is 19.8 Å². The van der Waals surface area contributed by atoms with E-state index in [1.165, 1.54) is 0 Å². The van der Waals surface area contributed by atoms with Crippen LogP contribution in [-0.4, -0.2) is 16.4 Å². The number of hydrogen-bond donors (Lipinski definition) is 2. The van der Waals surface area contributed by atoms with Crippen LogP contribution < -0.4 is 0 Å². The van der Waals surface area contributed by atoms with Gasteiger partial charge in [-0.15, -0.1) is 0 Å². The number of rotatable bonds is 0. The van der Waals surface area contributed by atoms with Crippen molar-refractivity contribution in [3.8, 4) is 0 Å². The van der Waals surface area contributed by atoms with Crippen LogP contribution in [0.1, 0.15) is 0 Å². The summed E-state index contributed by atoms with van der Waals surface area (Å²) in [7, 11) is 0. The van der Waals surface area contributed by atoms with E-state index in [2.05, 4.69) is 0 Å². The summed E-state index contributed by atoms with van der Waals surface area (Å²) in [5, 5.41) is 13.9. The monoisotopic (exact) mass is 254 g/mol. The molecule has 32 valence electrons. The number of carboxylic acid groups (broad SMARTS) is 2. The zero-order valence-corrected chi connectivity index (χ0v) is 4.70. The maximum absolute atomic E-state index is 8.56. The first-order chi connectivity index (χ1) is 1.73. The minimum atomic E-state index is -1.83. The van der Waals surface area contributed by atoms with Gasteiger partial charge in [0.25, 0.3) is 0 Å². The molecular formula is CH2O3Os. The van der Waals surface area contributed by atoms with Crippen molar-refractivity contribution >= 4 is 6.16 Å². The summed E-state index contributed by atoms with van der Waals surface area (Å²) in [5.74, 6) is 0. The molecule has 0 atom stereocenters. The smallest absolute Gasteiger partial charge is 0.450 e. The second-order valence-corrected chi connectivity index (χ2v) is 0.283. The minimum Gasteiger partial charge on any atom is -0.450 e. The van der Waals surface area contributed by atoms with E-state index in [0.717, 1.165) is 0 Å². The predicted octanol–water partition coefficient (Wildman–Crippen LogP) is 0.220. The van der Waals surface area contributed by atoms with Crippen LogP contribution in [0.4, 0.5) is 4.79 Å². The Morgan fingerprint density at radius 1 is 1.40 bits per heavy atom. The Morgan fingerprint density at radius 2 is 1.40 bits per heavy atom. The molecule has 0 aromatic heterocycles. The van der Waals surface area contributed by atoms with Gasteiger partial charge in [0.05, 0.1) is 0 Å². The molecule has 0 radical (unpaired) electrons. The SMILES string of the molecule is O=C(O)O.[Os]. The minimum absolute atomic E-state index is 0. The molecule has 0 saturated carbocycles. The molecule has 0 aromatic carbocycles. The fourth-order valence-corrected chi connectivity index (χ4v) is 0. The van der Waals surface area contributed by atoms with Crippen molar-refractivity contribution in [2.24, 2.45) is 0 Å². The zero-order chi connectivity index (χ0) is 3.58. The molecule has 0 unspecified atom stereocenters. The van der Waals surface area contributed by atoms with E-state index in [1.807, 2.05) is 0 Å². The third kappa shape index (κ3) is 1620. The quantitative estimate of drug-likeness (QED) is 0.648. The van der Waals surface area contributed by atoms with Crippen molar-refractivity contribution in [2.75, 3.05) is 0 Å². The van der Waals surface area contributed by atoms with Gasteiger partial charge in [-0.05, 0) is 0 Å². The number of carbonyl (C=O) groups is 1. The molecule has 2 N–H and O–H groups in total. The standard InChI is InChI=1S/CH2O3.Os/c2-1(3)4;/h(H2,2,3,4);. The van der Waals surface area contributed by atoms with E-state index in [0.29, 0.717) is 0 Å². The van der Waals surface area contributed by atoms with Crippen LogP contribution in [0.15, 0.2) is 0 Å². The molecular weight excluding hydrogens is 250 g/mol. The van der Waals surface area contributed by atoms with Crippen molar-refractivity contribution in [3.63, 3.8) is 0 Å². The van der Waals surface area contributed by atoms with Crippen molar-refractivity contribution in [2.45, 2.75) is 0 Å². The largest absolute Gasteiger partial charge is 0.503 e. The van der Waals surface area contributed by atoms with E-state index >= 15 is 0 Å². The van der Waals surface area contributed by atoms with Crippen LogP contribution in [0.25, 0.3) is 0 Å². The Bertz CT molecular complexity index is 29.9. The van der Waals surface area contributed by atoms with Gasteiger partial charge in [-0.25, -0.2) is 4.79 Å². The molecule has 0 bridgehead atoms. The van der Waals surface area contributed by atoms with E-state index in [4.69, 9.17) is 15.0 Å². The summed E-state index contributed by atoms with van der Waals surface area (Å²) < 4.78 is 0. The zero-order valence-electron chi connectivity index (χ0n) is 2.16. The van der Waals surface area contributed by atoms with Crippen molar-refractivity contribution in [3.05, 3.63) is 0 Å². The maximum atomic E-state index is 8.56. The maximum Gasteiger partial charge on any atom is 0.503 e. The Balaban J connectivity index is 0. The molecule has 5 heavy (non-hydrogen) atoms. The van der Waals surface area contributed by atoms with Gasteiger partial charge in [-0.2, -0.15) is 0 Å². The summed E-state index contributed by atoms with van der Waals surface area (Å²) in [6.45, 7) is 0. The van der Waals surface area contributed by atoms with Gasteiger partial charge in [0.15, 0.2) is 0 Å². The predicted molar refractivity (Wildman–Crippen MR) is 10.7 cm³/mol. The molecule has 0 aliphatic heterocycles. The molecule has 0 amide bonds. The third-order valence-electron chi connectivity index (χ3n) is 0. The molecule has 4 heteroatoms. The molecule has 0 spiro atoms. The van der Waals surface area contributed by atoms with E-state index in [9.17, 15) is 0 Å². The average Bonchev–Trinajstić information content (AvgIpc) is 0.811. The summed E-state index contributed by atoms with van der Waals surface area (Å²) in [4.78, 5) is 8.56. The number of hydrogen-bond acceptors (Lipinski definition) is 1. The van der Waals surface area contributed by atoms with Crippen LogP contribution in [-0.2, 0) is 19.8 Å². The van der Waals surface area contributed by atoms with Gasteiger partial charge in [-0.3, -0.25) is 0 Å². The first-order valence-electron chi connectivity index (χ1n) is 0.651. The second kappa shape index (κ2) is 3.91. The van der Waals surface area contributed by atoms with Gasteiger partial charge in [-0.1, -0.05) is 0 Å². The molecule has 0 heterocycles. The Morgan fingerprint density at radius 3 is 1.40 bits per heavy atom. The second-order valence-electron chi connectivity index (χ2n) is 0.283. The van der Waals surface area contributed by atoms with Gasteiger partial charge < -0.3 is 10.2 Å².